The van der Waals surface area contributed by atoms with E-state index in [2.05, 4.69) is 15.5 Å². The van der Waals surface area contributed by atoms with Crippen LogP contribution in [0.1, 0.15) is 27.7 Å². The van der Waals surface area contributed by atoms with Crippen LogP contribution in [-0.4, -0.2) is 34.8 Å². The highest BCUT2D eigenvalue weighted by atomic mass is 16.5. The molecule has 1 unspecified atom stereocenters. The molecular weight excluding hydrogens is 338 g/mol. The van der Waals surface area contributed by atoms with Gasteiger partial charge < -0.3 is 23.7 Å². The number of carbonyl (C=O) groups is 1. The fourth-order valence-corrected chi connectivity index (χ4v) is 2.38. The molecule has 1 amide bonds. The third-order valence-corrected chi connectivity index (χ3v) is 3.36. The van der Waals surface area contributed by atoms with Gasteiger partial charge in [0.1, 0.15) is 17.9 Å². The highest BCUT2D eigenvalue weighted by molar-refractivity contribution is 5.77. The number of benzene rings is 1. The Morgan fingerprint density at radius 3 is 2.81 bits per heavy atom. The molecule has 8 nitrogen and oxygen atoms in total. The minimum Gasteiger partial charge on any atom is -0.491 e. The number of nitrogens with one attached hydrogen (secondary N) is 1. The smallest absolute Gasteiger partial charge is 0.267 e. The summed E-state index contributed by atoms with van der Waals surface area (Å²) in [7, 11) is 0. The molecule has 0 radical (unpaired) electrons. The maximum atomic E-state index is 11.0. The van der Waals surface area contributed by atoms with Crippen molar-refractivity contribution in [3.63, 3.8) is 0 Å². The van der Waals surface area contributed by atoms with Crippen molar-refractivity contribution in [2.24, 2.45) is 0 Å². The summed E-state index contributed by atoms with van der Waals surface area (Å²) >= 11 is 0. The van der Waals surface area contributed by atoms with Crippen LogP contribution in [0.4, 0.5) is 0 Å². The molecule has 1 aromatic carbocycles. The first-order valence-corrected chi connectivity index (χ1v) is 8.35. The molecule has 2 aromatic heterocycles. The van der Waals surface area contributed by atoms with Gasteiger partial charge in [0.2, 0.25) is 11.7 Å². The zero-order chi connectivity index (χ0) is 18.7. The van der Waals surface area contributed by atoms with Crippen molar-refractivity contribution >= 4 is 17.0 Å². The molecule has 0 saturated carbocycles. The summed E-state index contributed by atoms with van der Waals surface area (Å²) in [4.78, 5) is 15.4. The van der Waals surface area contributed by atoms with Crippen LogP contribution in [0, 0.1) is 0 Å². The lowest BCUT2D eigenvalue weighted by atomic mass is 10.3. The Hall–Kier alpha value is -3.03. The van der Waals surface area contributed by atoms with Crippen molar-refractivity contribution in [2.45, 2.75) is 39.8 Å². The van der Waals surface area contributed by atoms with E-state index in [-0.39, 0.29) is 24.7 Å². The van der Waals surface area contributed by atoms with E-state index in [0.29, 0.717) is 28.6 Å². The number of rotatable bonds is 7. The fraction of sp³-hybridized carbons (Fsp3) is 0.389. The zero-order valence-corrected chi connectivity index (χ0v) is 15.1. The van der Waals surface area contributed by atoms with Crippen molar-refractivity contribution in [3.8, 4) is 23.3 Å². The van der Waals surface area contributed by atoms with Crippen molar-refractivity contribution < 1.29 is 23.2 Å². The van der Waals surface area contributed by atoms with Crippen molar-refractivity contribution in [1.82, 2.24) is 15.5 Å². The standard InChI is InChI=1S/C18H21N3O5/c1-10(2)24-13-5-6-15-14(7-13)20-18(25-15)16-8-17(21-26-16)23-9-11(3)19-12(4)22/h5-8,10-11H,9H2,1-4H3,(H,19,22). The fourth-order valence-electron chi connectivity index (χ4n) is 2.38. The van der Waals surface area contributed by atoms with Gasteiger partial charge >= 0.3 is 0 Å². The second kappa shape index (κ2) is 7.47. The lowest BCUT2D eigenvalue weighted by Crippen LogP contribution is -2.35. The Morgan fingerprint density at radius 1 is 1.27 bits per heavy atom. The van der Waals surface area contributed by atoms with Gasteiger partial charge in [-0.15, -0.1) is 0 Å². The number of nitrogens with zero attached hydrogens (tertiary/aromatic N) is 2. The highest BCUT2D eigenvalue weighted by Crippen LogP contribution is 2.29. The summed E-state index contributed by atoms with van der Waals surface area (Å²) < 4.78 is 22.1. The van der Waals surface area contributed by atoms with Gasteiger partial charge in [0.15, 0.2) is 5.58 Å². The lowest BCUT2D eigenvalue weighted by Gasteiger charge is -2.11. The van der Waals surface area contributed by atoms with E-state index in [1.807, 2.05) is 32.9 Å². The van der Waals surface area contributed by atoms with E-state index < -0.39 is 0 Å². The minimum absolute atomic E-state index is 0.0766. The summed E-state index contributed by atoms with van der Waals surface area (Å²) in [6, 6.07) is 6.89. The third-order valence-electron chi connectivity index (χ3n) is 3.36. The van der Waals surface area contributed by atoms with Crippen LogP contribution in [-0.2, 0) is 4.79 Å². The first-order valence-electron chi connectivity index (χ1n) is 8.35. The molecule has 8 heteroatoms. The van der Waals surface area contributed by atoms with E-state index in [1.54, 1.807) is 12.1 Å². The predicted octanol–water partition coefficient (Wildman–Crippen LogP) is 3.17. The van der Waals surface area contributed by atoms with Gasteiger partial charge in [-0.1, -0.05) is 0 Å². The van der Waals surface area contributed by atoms with Gasteiger partial charge in [0.25, 0.3) is 11.8 Å². The van der Waals surface area contributed by atoms with Gasteiger partial charge in [-0.3, -0.25) is 4.79 Å². The molecule has 3 aromatic rings. The van der Waals surface area contributed by atoms with Crippen LogP contribution >= 0.6 is 0 Å². The topological polar surface area (TPSA) is 99.6 Å². The van der Waals surface area contributed by atoms with Gasteiger partial charge in [0.05, 0.1) is 18.2 Å². The number of fused-ring (bicyclic) bond motifs is 1. The number of ether oxygens (including phenoxy) is 2. The third kappa shape index (κ3) is 4.33. The molecule has 0 aliphatic heterocycles. The van der Waals surface area contributed by atoms with Gasteiger partial charge in [-0.2, -0.15) is 0 Å². The summed E-state index contributed by atoms with van der Waals surface area (Å²) in [5.74, 6) is 1.56. The number of hydrogen-bond donors (Lipinski definition) is 1. The number of oxazole rings is 1. The number of aromatic nitrogens is 2. The Morgan fingerprint density at radius 2 is 2.08 bits per heavy atom. The summed E-state index contributed by atoms with van der Waals surface area (Å²) in [6.45, 7) is 7.48. The van der Waals surface area contributed by atoms with Gasteiger partial charge in [-0.25, -0.2) is 4.98 Å². The van der Waals surface area contributed by atoms with E-state index >= 15 is 0 Å². The van der Waals surface area contributed by atoms with Crippen LogP contribution in [0.5, 0.6) is 11.6 Å². The second-order valence-electron chi connectivity index (χ2n) is 6.26. The molecule has 0 spiro atoms. The number of carbonyl (C=O) groups excluding carboxylic acids is 1. The van der Waals surface area contributed by atoms with E-state index in [9.17, 15) is 4.79 Å². The second-order valence-corrected chi connectivity index (χ2v) is 6.26. The first-order chi connectivity index (χ1) is 12.4. The molecule has 1 N–H and O–H groups in total. The lowest BCUT2D eigenvalue weighted by molar-refractivity contribution is -0.119. The van der Waals surface area contributed by atoms with Crippen LogP contribution in [0.25, 0.3) is 22.8 Å². The molecule has 0 aliphatic carbocycles. The largest absolute Gasteiger partial charge is 0.491 e. The van der Waals surface area contributed by atoms with Crippen LogP contribution < -0.4 is 14.8 Å². The van der Waals surface area contributed by atoms with E-state index in [1.165, 1.54) is 6.92 Å². The quantitative estimate of drug-likeness (QED) is 0.691. The van der Waals surface area contributed by atoms with E-state index in [0.717, 1.165) is 5.75 Å². The zero-order valence-electron chi connectivity index (χ0n) is 15.1. The molecule has 0 aliphatic rings. The molecule has 26 heavy (non-hydrogen) atoms. The Balaban J connectivity index is 1.71. The summed E-state index contributed by atoms with van der Waals surface area (Å²) in [6.07, 6.45) is 0.0766. The SMILES string of the molecule is CC(=O)NC(C)COc1cc(-c2nc3cc(OC(C)C)ccc3o2)on1. The van der Waals surface area contributed by atoms with Crippen molar-refractivity contribution in [2.75, 3.05) is 6.61 Å². The molecule has 0 saturated heterocycles. The summed E-state index contributed by atoms with van der Waals surface area (Å²) in [5, 5.41) is 6.56. The minimum atomic E-state index is -0.142. The molecule has 1 atom stereocenters. The normalized spacial score (nSPS) is 12.3. The molecule has 3 rings (SSSR count). The Kier molecular flexibility index (Phi) is 5.11. The Bertz CT molecular complexity index is 899. The molecule has 138 valence electrons. The summed E-state index contributed by atoms with van der Waals surface area (Å²) in [5.41, 5.74) is 1.28. The predicted molar refractivity (Wildman–Crippen MR) is 94.0 cm³/mol. The number of amides is 1. The van der Waals surface area contributed by atoms with Crippen LogP contribution in [0.3, 0.4) is 0 Å². The maximum Gasteiger partial charge on any atom is 0.267 e. The van der Waals surface area contributed by atoms with E-state index in [4.69, 9.17) is 18.4 Å². The van der Waals surface area contributed by atoms with Crippen molar-refractivity contribution in [1.29, 1.82) is 0 Å². The number of hydrogen-bond acceptors (Lipinski definition) is 7. The monoisotopic (exact) mass is 359 g/mol. The average Bonchev–Trinajstić information content (AvgIpc) is 3.17. The molecule has 0 fully saturated rings. The average molecular weight is 359 g/mol. The first kappa shape index (κ1) is 17.8. The van der Waals surface area contributed by atoms with Crippen molar-refractivity contribution in [3.05, 3.63) is 24.3 Å². The van der Waals surface area contributed by atoms with Crippen LogP contribution in [0.15, 0.2) is 33.2 Å². The highest BCUT2D eigenvalue weighted by Gasteiger charge is 2.16. The van der Waals surface area contributed by atoms with Gasteiger partial charge in [-0.05, 0) is 38.1 Å². The maximum absolute atomic E-state index is 11.0. The van der Waals surface area contributed by atoms with Crippen LogP contribution in [0.2, 0.25) is 0 Å². The van der Waals surface area contributed by atoms with Gasteiger partial charge in [0, 0.05) is 13.0 Å². The molecule has 2 heterocycles. The Labute approximate surface area is 150 Å². The molecular formula is C18H21N3O5. The molecule has 0 bridgehead atoms.